The summed E-state index contributed by atoms with van der Waals surface area (Å²) in [4.78, 5) is 13.4. The van der Waals surface area contributed by atoms with Gasteiger partial charge in [-0.1, -0.05) is 13.0 Å². The van der Waals surface area contributed by atoms with Crippen LogP contribution in [-0.4, -0.2) is 20.5 Å². The Labute approximate surface area is 120 Å². The van der Waals surface area contributed by atoms with Crippen molar-refractivity contribution in [3.63, 3.8) is 0 Å². The van der Waals surface area contributed by atoms with Crippen LogP contribution < -0.4 is 5.32 Å². The van der Waals surface area contributed by atoms with Crippen LogP contribution in [0.15, 0.2) is 30.6 Å². The molecular weight excluding hydrogens is 248 g/mol. The summed E-state index contributed by atoms with van der Waals surface area (Å²) in [5.74, 6) is 0.704. The lowest BCUT2D eigenvalue weighted by Gasteiger charge is -2.20. The number of hydrogen-bond donors (Lipinski definition) is 1. The monoisotopic (exact) mass is 270 g/mol. The predicted octanol–water partition coefficient (Wildman–Crippen LogP) is 2.99. The SMILES string of the molecule is CCc1cccnc1-c1nccc(CNC(C)(C)C)n1. The molecule has 4 nitrogen and oxygen atoms in total. The second-order valence-electron chi connectivity index (χ2n) is 5.84. The summed E-state index contributed by atoms with van der Waals surface area (Å²) in [5, 5.41) is 3.43. The van der Waals surface area contributed by atoms with E-state index in [1.54, 1.807) is 12.4 Å². The predicted molar refractivity (Wildman–Crippen MR) is 81.2 cm³/mol. The summed E-state index contributed by atoms with van der Waals surface area (Å²) in [6, 6.07) is 5.97. The van der Waals surface area contributed by atoms with E-state index in [9.17, 15) is 0 Å². The largest absolute Gasteiger partial charge is 0.306 e. The first-order valence-electron chi connectivity index (χ1n) is 7.01. The van der Waals surface area contributed by atoms with Gasteiger partial charge in [0.2, 0.25) is 0 Å². The van der Waals surface area contributed by atoms with E-state index in [1.807, 2.05) is 12.1 Å². The molecule has 0 radical (unpaired) electrons. The lowest BCUT2D eigenvalue weighted by Crippen LogP contribution is -2.35. The minimum Gasteiger partial charge on any atom is -0.306 e. The molecule has 1 N–H and O–H groups in total. The van der Waals surface area contributed by atoms with E-state index in [0.717, 1.165) is 24.4 Å². The van der Waals surface area contributed by atoms with Crippen LogP contribution in [0.25, 0.3) is 11.5 Å². The van der Waals surface area contributed by atoms with Gasteiger partial charge in [0, 0.05) is 24.5 Å². The zero-order chi connectivity index (χ0) is 14.6. The van der Waals surface area contributed by atoms with Gasteiger partial charge in [0.15, 0.2) is 5.82 Å². The molecule has 0 saturated carbocycles. The van der Waals surface area contributed by atoms with Crippen LogP contribution in [0.3, 0.4) is 0 Å². The summed E-state index contributed by atoms with van der Waals surface area (Å²) >= 11 is 0. The van der Waals surface area contributed by atoms with Gasteiger partial charge in [-0.15, -0.1) is 0 Å². The molecule has 2 aromatic rings. The first-order chi connectivity index (χ1) is 9.49. The van der Waals surface area contributed by atoms with Crippen LogP contribution >= 0.6 is 0 Å². The first-order valence-corrected chi connectivity index (χ1v) is 7.01. The number of nitrogens with one attached hydrogen (secondary N) is 1. The quantitative estimate of drug-likeness (QED) is 0.928. The number of nitrogens with zero attached hydrogens (tertiary/aromatic N) is 3. The molecule has 0 atom stereocenters. The number of hydrogen-bond acceptors (Lipinski definition) is 4. The van der Waals surface area contributed by atoms with Crippen LogP contribution in [0, 0.1) is 0 Å². The van der Waals surface area contributed by atoms with Crippen molar-refractivity contribution in [3.05, 3.63) is 41.9 Å². The van der Waals surface area contributed by atoms with Gasteiger partial charge >= 0.3 is 0 Å². The minimum atomic E-state index is 0.0741. The molecule has 106 valence electrons. The second-order valence-corrected chi connectivity index (χ2v) is 5.84. The van der Waals surface area contributed by atoms with Crippen LogP contribution in [-0.2, 0) is 13.0 Å². The zero-order valence-corrected chi connectivity index (χ0v) is 12.6. The highest BCUT2D eigenvalue weighted by molar-refractivity contribution is 5.54. The van der Waals surface area contributed by atoms with E-state index in [0.29, 0.717) is 5.82 Å². The number of pyridine rings is 1. The topological polar surface area (TPSA) is 50.7 Å². The van der Waals surface area contributed by atoms with Gasteiger partial charge in [-0.2, -0.15) is 0 Å². The van der Waals surface area contributed by atoms with Crippen molar-refractivity contribution in [2.45, 2.75) is 46.2 Å². The third kappa shape index (κ3) is 3.84. The van der Waals surface area contributed by atoms with Gasteiger partial charge in [0.25, 0.3) is 0 Å². The minimum absolute atomic E-state index is 0.0741. The maximum atomic E-state index is 4.62. The van der Waals surface area contributed by atoms with Crippen molar-refractivity contribution in [1.29, 1.82) is 0 Å². The summed E-state index contributed by atoms with van der Waals surface area (Å²) in [6.45, 7) is 9.27. The van der Waals surface area contributed by atoms with Gasteiger partial charge < -0.3 is 5.32 Å². The van der Waals surface area contributed by atoms with E-state index in [2.05, 4.69) is 54.0 Å². The zero-order valence-electron chi connectivity index (χ0n) is 12.6. The first kappa shape index (κ1) is 14.6. The van der Waals surface area contributed by atoms with Crippen LogP contribution in [0.4, 0.5) is 0 Å². The summed E-state index contributed by atoms with van der Waals surface area (Å²) in [6.07, 6.45) is 4.52. The second kappa shape index (κ2) is 6.09. The molecule has 0 aliphatic heterocycles. The molecule has 0 amide bonds. The molecule has 0 unspecified atom stereocenters. The smallest absolute Gasteiger partial charge is 0.178 e. The summed E-state index contributed by atoms with van der Waals surface area (Å²) in [7, 11) is 0. The Morgan fingerprint density at radius 1 is 1.10 bits per heavy atom. The lowest BCUT2D eigenvalue weighted by molar-refractivity contribution is 0.421. The molecule has 0 spiro atoms. The van der Waals surface area contributed by atoms with Crippen LogP contribution in [0.2, 0.25) is 0 Å². The maximum Gasteiger partial charge on any atom is 0.178 e. The molecule has 2 aromatic heterocycles. The van der Waals surface area contributed by atoms with Gasteiger partial charge in [-0.3, -0.25) is 4.98 Å². The summed E-state index contributed by atoms with van der Waals surface area (Å²) < 4.78 is 0. The van der Waals surface area contributed by atoms with Crippen LogP contribution in [0.5, 0.6) is 0 Å². The Kier molecular flexibility index (Phi) is 4.45. The summed E-state index contributed by atoms with van der Waals surface area (Å²) in [5.41, 5.74) is 3.11. The molecule has 0 aliphatic rings. The molecule has 2 rings (SSSR count). The van der Waals surface area contributed by atoms with Crippen molar-refractivity contribution in [2.24, 2.45) is 0 Å². The molecule has 4 heteroatoms. The molecule has 0 aromatic carbocycles. The van der Waals surface area contributed by atoms with Gasteiger partial charge in [0.1, 0.15) is 5.69 Å². The molecule has 0 aliphatic carbocycles. The molecule has 20 heavy (non-hydrogen) atoms. The van der Waals surface area contributed by atoms with Crippen molar-refractivity contribution < 1.29 is 0 Å². The van der Waals surface area contributed by atoms with Gasteiger partial charge in [-0.05, 0) is 44.9 Å². The average molecular weight is 270 g/mol. The highest BCUT2D eigenvalue weighted by atomic mass is 15.0. The van der Waals surface area contributed by atoms with E-state index in [1.165, 1.54) is 5.56 Å². The normalized spacial score (nSPS) is 11.6. The lowest BCUT2D eigenvalue weighted by atomic mass is 10.1. The van der Waals surface area contributed by atoms with Gasteiger partial charge in [-0.25, -0.2) is 9.97 Å². The maximum absolute atomic E-state index is 4.62. The van der Waals surface area contributed by atoms with E-state index < -0.39 is 0 Å². The molecule has 0 saturated heterocycles. The highest BCUT2D eigenvalue weighted by Crippen LogP contribution is 2.17. The fourth-order valence-corrected chi connectivity index (χ4v) is 1.89. The Balaban J connectivity index is 2.25. The van der Waals surface area contributed by atoms with Crippen molar-refractivity contribution in [2.75, 3.05) is 0 Å². The highest BCUT2D eigenvalue weighted by Gasteiger charge is 2.11. The molecule has 2 heterocycles. The average Bonchev–Trinajstić information content (AvgIpc) is 2.45. The fourth-order valence-electron chi connectivity index (χ4n) is 1.89. The number of aromatic nitrogens is 3. The Bertz CT molecular complexity index is 573. The number of aryl methyl sites for hydroxylation is 1. The standard InChI is InChI=1S/C16H22N4/c1-5-12-7-6-9-17-14(12)15-18-10-8-13(20-15)11-19-16(2,3)4/h6-10,19H,5,11H2,1-4H3. The van der Waals surface area contributed by atoms with Crippen molar-refractivity contribution in [1.82, 2.24) is 20.3 Å². The van der Waals surface area contributed by atoms with E-state index >= 15 is 0 Å². The van der Waals surface area contributed by atoms with Crippen molar-refractivity contribution in [3.8, 4) is 11.5 Å². The third-order valence-electron chi connectivity index (χ3n) is 3.00. The van der Waals surface area contributed by atoms with Crippen LogP contribution in [0.1, 0.15) is 39.0 Å². The van der Waals surface area contributed by atoms with Crippen molar-refractivity contribution >= 4 is 0 Å². The Hall–Kier alpha value is -1.81. The molecule has 0 bridgehead atoms. The molecule has 0 fully saturated rings. The fraction of sp³-hybridized carbons (Fsp3) is 0.438. The molecular formula is C16H22N4. The Morgan fingerprint density at radius 2 is 1.90 bits per heavy atom. The number of rotatable bonds is 4. The third-order valence-corrected chi connectivity index (χ3v) is 3.00. The van der Waals surface area contributed by atoms with E-state index in [-0.39, 0.29) is 5.54 Å². The Morgan fingerprint density at radius 3 is 2.60 bits per heavy atom. The van der Waals surface area contributed by atoms with E-state index in [4.69, 9.17) is 0 Å². The van der Waals surface area contributed by atoms with Gasteiger partial charge in [0.05, 0.1) is 5.69 Å².